The van der Waals surface area contributed by atoms with Gasteiger partial charge in [0.25, 0.3) is 5.91 Å². The van der Waals surface area contributed by atoms with Crippen molar-refractivity contribution in [1.29, 1.82) is 0 Å². The third-order valence-corrected chi connectivity index (χ3v) is 8.44. The highest BCUT2D eigenvalue weighted by Gasteiger charge is 2.45. The second-order valence-electron chi connectivity index (χ2n) is 11.1. The number of H-pyrrole nitrogens is 1. The van der Waals surface area contributed by atoms with Gasteiger partial charge in [0.15, 0.2) is 0 Å². The fourth-order valence-corrected chi connectivity index (χ4v) is 6.37. The molecule has 7 rings (SSSR count). The predicted molar refractivity (Wildman–Crippen MR) is 154 cm³/mol. The number of anilines is 1. The van der Waals surface area contributed by atoms with E-state index in [4.69, 9.17) is 4.98 Å². The summed E-state index contributed by atoms with van der Waals surface area (Å²) < 4.78 is 0. The van der Waals surface area contributed by atoms with Crippen LogP contribution in [0.15, 0.2) is 60.8 Å². The monoisotopic (exact) mass is 516 g/mol. The topological polar surface area (TPSA) is 77.2 Å². The zero-order valence-corrected chi connectivity index (χ0v) is 22.0. The summed E-state index contributed by atoms with van der Waals surface area (Å²) >= 11 is 0. The number of fused-ring (bicyclic) bond motifs is 1. The molecule has 0 aliphatic carbocycles. The molecule has 0 bridgehead atoms. The number of piperidine rings is 1. The first-order chi connectivity index (χ1) is 19.2. The molecular formula is C32H32N6O. The molecule has 3 aliphatic heterocycles. The van der Waals surface area contributed by atoms with E-state index in [0.29, 0.717) is 11.3 Å². The van der Waals surface area contributed by atoms with Crippen molar-refractivity contribution in [2.75, 3.05) is 44.2 Å². The molecule has 2 aromatic heterocycles. The van der Waals surface area contributed by atoms with Crippen LogP contribution in [0, 0.1) is 17.3 Å². The van der Waals surface area contributed by atoms with E-state index in [1.54, 1.807) is 0 Å². The first kappa shape index (κ1) is 23.9. The number of carbonyl (C=O) groups excluding carboxylic acids is 1. The summed E-state index contributed by atoms with van der Waals surface area (Å²) in [5, 5.41) is 11.9. The molecule has 4 aromatic rings. The quantitative estimate of drug-likeness (QED) is 0.394. The molecular weight excluding hydrogens is 484 g/mol. The number of carbonyl (C=O) groups is 1. The van der Waals surface area contributed by atoms with Crippen LogP contribution in [0.25, 0.3) is 22.0 Å². The first-order valence-corrected chi connectivity index (χ1v) is 14.0. The largest absolute Gasteiger partial charge is 0.356 e. The molecule has 0 saturated carbocycles. The van der Waals surface area contributed by atoms with Crippen molar-refractivity contribution in [3.8, 4) is 23.0 Å². The molecule has 3 aliphatic rings. The summed E-state index contributed by atoms with van der Waals surface area (Å²) in [4.78, 5) is 22.3. The minimum absolute atomic E-state index is 0.0876. The number of benzene rings is 2. The third kappa shape index (κ3) is 4.45. The lowest BCUT2D eigenvalue weighted by atomic mass is 9.74. The van der Waals surface area contributed by atoms with E-state index in [1.807, 2.05) is 53.6 Å². The van der Waals surface area contributed by atoms with Gasteiger partial charge >= 0.3 is 0 Å². The van der Waals surface area contributed by atoms with Crippen LogP contribution in [0.3, 0.4) is 0 Å². The average molecular weight is 517 g/mol. The van der Waals surface area contributed by atoms with Crippen LogP contribution >= 0.6 is 0 Å². The van der Waals surface area contributed by atoms with Gasteiger partial charge < -0.3 is 15.1 Å². The highest BCUT2D eigenvalue weighted by atomic mass is 16.2. The minimum Gasteiger partial charge on any atom is -0.356 e. The number of hydrogen-bond acceptors (Lipinski definition) is 5. The summed E-state index contributed by atoms with van der Waals surface area (Å²) in [6.45, 7) is 5.83. The van der Waals surface area contributed by atoms with E-state index < -0.39 is 0 Å². The van der Waals surface area contributed by atoms with Crippen molar-refractivity contribution < 1.29 is 4.79 Å². The molecule has 196 valence electrons. The number of amides is 1. The van der Waals surface area contributed by atoms with E-state index in [1.165, 1.54) is 25.7 Å². The predicted octanol–water partition coefficient (Wildman–Crippen LogP) is 4.45. The molecule has 0 radical (unpaired) electrons. The third-order valence-electron chi connectivity index (χ3n) is 8.44. The Hall–Kier alpha value is -4.15. The molecule has 2 N–H and O–H groups in total. The average Bonchev–Trinajstić information content (AvgIpc) is 3.65. The van der Waals surface area contributed by atoms with Gasteiger partial charge in [0, 0.05) is 72.0 Å². The lowest BCUT2D eigenvalue weighted by molar-refractivity contribution is -0.00721. The van der Waals surface area contributed by atoms with Crippen molar-refractivity contribution in [2.45, 2.75) is 25.7 Å². The SMILES string of the molecule is O=C(c1ccc2[nH]nc(C#Cc3ccccc3-c3cccnc3N3CCCC3)c2c1)N1CC2(CCCNC2)C1. The molecule has 0 unspecified atom stereocenters. The standard InChI is InChI=1S/C32H32N6O/c39-31(38-21-32(22-38)14-6-15-33-20-32)24-11-13-29-27(19-24)28(35-36-29)12-10-23-7-1-2-8-25(23)26-9-5-16-34-30(26)37-17-3-4-18-37/h1-2,5,7-9,11,13,16,19,33H,3-4,6,14-15,17-18,20-22H2,(H,35,36). The second-order valence-corrected chi connectivity index (χ2v) is 11.1. The number of aromatic nitrogens is 3. The summed E-state index contributed by atoms with van der Waals surface area (Å²) in [5.41, 5.74) is 5.59. The lowest BCUT2D eigenvalue weighted by Gasteiger charge is -2.52. The molecule has 39 heavy (non-hydrogen) atoms. The maximum atomic E-state index is 13.3. The minimum atomic E-state index is 0.0876. The molecule has 7 nitrogen and oxygen atoms in total. The summed E-state index contributed by atoms with van der Waals surface area (Å²) in [5.74, 6) is 7.78. The van der Waals surface area contributed by atoms with Crippen molar-refractivity contribution in [2.24, 2.45) is 5.41 Å². The zero-order chi connectivity index (χ0) is 26.2. The number of aromatic amines is 1. The Bertz CT molecular complexity index is 1590. The van der Waals surface area contributed by atoms with E-state index in [-0.39, 0.29) is 11.3 Å². The molecule has 7 heteroatoms. The maximum absolute atomic E-state index is 13.3. The maximum Gasteiger partial charge on any atom is 0.253 e. The zero-order valence-electron chi connectivity index (χ0n) is 22.0. The van der Waals surface area contributed by atoms with Crippen LogP contribution in [0.4, 0.5) is 5.82 Å². The molecule has 3 saturated heterocycles. The molecule has 1 amide bonds. The van der Waals surface area contributed by atoms with E-state index >= 15 is 0 Å². The van der Waals surface area contributed by atoms with Crippen LogP contribution in [-0.2, 0) is 0 Å². The number of hydrogen-bond donors (Lipinski definition) is 2. The normalized spacial score (nSPS) is 18.2. The Labute approximate surface area is 228 Å². The number of pyridine rings is 1. The Kier molecular flexibility index (Phi) is 6.05. The van der Waals surface area contributed by atoms with Crippen LogP contribution in [0.1, 0.15) is 47.3 Å². The van der Waals surface area contributed by atoms with Gasteiger partial charge in [-0.3, -0.25) is 9.89 Å². The summed E-state index contributed by atoms with van der Waals surface area (Å²) in [7, 11) is 0. The Morgan fingerprint density at radius 1 is 0.949 bits per heavy atom. The van der Waals surface area contributed by atoms with Gasteiger partial charge in [-0.05, 0) is 74.5 Å². The van der Waals surface area contributed by atoms with E-state index in [0.717, 1.165) is 72.7 Å². The van der Waals surface area contributed by atoms with Gasteiger partial charge in [-0.2, -0.15) is 5.10 Å². The summed E-state index contributed by atoms with van der Waals surface area (Å²) in [6, 6.07) is 18.1. The highest BCUT2D eigenvalue weighted by molar-refractivity contribution is 5.99. The first-order valence-electron chi connectivity index (χ1n) is 14.0. The van der Waals surface area contributed by atoms with Crippen LogP contribution in [0.2, 0.25) is 0 Å². The number of nitrogens with one attached hydrogen (secondary N) is 2. The van der Waals surface area contributed by atoms with E-state index in [9.17, 15) is 4.79 Å². The van der Waals surface area contributed by atoms with Crippen LogP contribution in [0.5, 0.6) is 0 Å². The molecule has 1 spiro atoms. The van der Waals surface area contributed by atoms with Crippen molar-refractivity contribution in [1.82, 2.24) is 25.4 Å². The van der Waals surface area contributed by atoms with Crippen molar-refractivity contribution in [3.63, 3.8) is 0 Å². The smallest absolute Gasteiger partial charge is 0.253 e. The van der Waals surface area contributed by atoms with Gasteiger partial charge in [0.1, 0.15) is 11.5 Å². The fourth-order valence-electron chi connectivity index (χ4n) is 6.37. The van der Waals surface area contributed by atoms with Crippen molar-refractivity contribution in [3.05, 3.63) is 77.6 Å². The van der Waals surface area contributed by atoms with Gasteiger partial charge in [-0.1, -0.05) is 24.1 Å². The van der Waals surface area contributed by atoms with Gasteiger partial charge in [0.05, 0.1) is 5.52 Å². The Morgan fingerprint density at radius 2 is 1.79 bits per heavy atom. The molecule has 3 fully saturated rings. The summed E-state index contributed by atoms with van der Waals surface area (Å²) in [6.07, 6.45) is 6.65. The highest BCUT2D eigenvalue weighted by Crippen LogP contribution is 2.37. The van der Waals surface area contributed by atoms with Gasteiger partial charge in [0.2, 0.25) is 0 Å². The Morgan fingerprint density at radius 3 is 2.64 bits per heavy atom. The van der Waals surface area contributed by atoms with Crippen molar-refractivity contribution >= 4 is 22.6 Å². The van der Waals surface area contributed by atoms with Gasteiger partial charge in [-0.15, -0.1) is 0 Å². The lowest BCUT2D eigenvalue weighted by Crippen LogP contribution is -2.63. The van der Waals surface area contributed by atoms with Gasteiger partial charge in [-0.25, -0.2) is 4.98 Å². The van der Waals surface area contributed by atoms with E-state index in [2.05, 4.69) is 44.4 Å². The Balaban J connectivity index is 1.17. The second kappa shape index (κ2) is 9.87. The molecule has 5 heterocycles. The number of nitrogens with zero attached hydrogens (tertiary/aromatic N) is 4. The number of likely N-dealkylation sites (tertiary alicyclic amines) is 1. The fraction of sp³-hybridized carbons (Fsp3) is 0.344. The van der Waals surface area contributed by atoms with Crippen LogP contribution < -0.4 is 10.2 Å². The molecule has 0 atom stereocenters. The van der Waals surface area contributed by atoms with Crippen LogP contribution in [-0.4, -0.2) is 65.3 Å². The molecule has 2 aromatic carbocycles. The number of rotatable bonds is 3.